The Hall–Kier alpha value is -0.600. The summed E-state index contributed by atoms with van der Waals surface area (Å²) in [7, 11) is 0. The van der Waals surface area contributed by atoms with Crippen molar-refractivity contribution < 1.29 is 0 Å². The zero-order valence-corrected chi connectivity index (χ0v) is 10.9. The molecule has 0 amide bonds. The molecule has 0 spiro atoms. The first-order valence-electron chi connectivity index (χ1n) is 4.83. The fraction of sp³-hybridized carbons (Fsp3) is 0.250. The van der Waals surface area contributed by atoms with Crippen LogP contribution in [0, 0.1) is 0 Å². The summed E-state index contributed by atoms with van der Waals surface area (Å²) < 4.78 is 1.06. The highest BCUT2D eigenvalue weighted by atomic mass is 79.9. The SMILES string of the molecule is CC(C)c1c(Br)cnc2cc(Cl)ccc12. The molecule has 3 heteroatoms. The van der Waals surface area contributed by atoms with Gasteiger partial charge < -0.3 is 0 Å². The van der Waals surface area contributed by atoms with Crippen LogP contribution >= 0.6 is 27.5 Å². The zero-order chi connectivity index (χ0) is 11.0. The zero-order valence-electron chi connectivity index (χ0n) is 8.59. The molecule has 0 atom stereocenters. The molecule has 0 aliphatic heterocycles. The lowest BCUT2D eigenvalue weighted by Crippen LogP contribution is -1.93. The molecular formula is C12H11BrClN. The van der Waals surface area contributed by atoms with Crippen LogP contribution in [0.5, 0.6) is 0 Å². The number of fused-ring (bicyclic) bond motifs is 1. The Bertz CT molecular complexity index is 508. The first-order chi connectivity index (χ1) is 7.09. The van der Waals surface area contributed by atoms with Crippen LogP contribution in [-0.2, 0) is 0 Å². The Labute approximate surface area is 103 Å². The van der Waals surface area contributed by atoms with Crippen LogP contribution in [0.1, 0.15) is 25.3 Å². The van der Waals surface area contributed by atoms with Gasteiger partial charge in [-0.15, -0.1) is 0 Å². The summed E-state index contributed by atoms with van der Waals surface area (Å²) >= 11 is 9.48. The van der Waals surface area contributed by atoms with Gasteiger partial charge in [0, 0.05) is 21.1 Å². The van der Waals surface area contributed by atoms with Crippen molar-refractivity contribution in [3.05, 3.63) is 39.5 Å². The summed E-state index contributed by atoms with van der Waals surface area (Å²) in [4.78, 5) is 4.35. The number of benzene rings is 1. The second-order valence-corrected chi connectivity index (χ2v) is 5.13. The molecule has 0 unspecified atom stereocenters. The van der Waals surface area contributed by atoms with Gasteiger partial charge in [-0.1, -0.05) is 31.5 Å². The van der Waals surface area contributed by atoms with Gasteiger partial charge in [0.05, 0.1) is 5.52 Å². The van der Waals surface area contributed by atoms with Crippen LogP contribution in [-0.4, -0.2) is 4.98 Å². The number of aromatic nitrogens is 1. The quantitative estimate of drug-likeness (QED) is 0.735. The van der Waals surface area contributed by atoms with Gasteiger partial charge in [0.25, 0.3) is 0 Å². The molecular weight excluding hydrogens is 273 g/mol. The second-order valence-electron chi connectivity index (χ2n) is 3.84. The van der Waals surface area contributed by atoms with Crippen LogP contribution < -0.4 is 0 Å². The van der Waals surface area contributed by atoms with Crippen LogP contribution in [0.25, 0.3) is 10.9 Å². The highest BCUT2D eigenvalue weighted by molar-refractivity contribution is 9.10. The predicted octanol–water partition coefficient (Wildman–Crippen LogP) is 4.77. The molecule has 1 aromatic heterocycles. The molecule has 0 aliphatic rings. The molecule has 1 heterocycles. The highest BCUT2D eigenvalue weighted by Crippen LogP contribution is 2.31. The lowest BCUT2D eigenvalue weighted by molar-refractivity contribution is 0.868. The van der Waals surface area contributed by atoms with Crippen molar-refractivity contribution in [2.24, 2.45) is 0 Å². The molecule has 1 aromatic carbocycles. The van der Waals surface area contributed by atoms with Crippen molar-refractivity contribution in [2.75, 3.05) is 0 Å². The van der Waals surface area contributed by atoms with E-state index in [4.69, 9.17) is 11.6 Å². The summed E-state index contributed by atoms with van der Waals surface area (Å²) in [6, 6.07) is 5.84. The van der Waals surface area contributed by atoms with E-state index in [0.717, 1.165) is 15.0 Å². The predicted molar refractivity (Wildman–Crippen MR) is 68.5 cm³/mol. The topological polar surface area (TPSA) is 12.9 Å². The Morgan fingerprint density at radius 2 is 2.07 bits per heavy atom. The molecule has 0 fully saturated rings. The van der Waals surface area contributed by atoms with E-state index in [-0.39, 0.29) is 0 Å². The molecule has 15 heavy (non-hydrogen) atoms. The minimum atomic E-state index is 0.464. The third kappa shape index (κ3) is 2.01. The average Bonchev–Trinajstić information content (AvgIpc) is 2.17. The van der Waals surface area contributed by atoms with Gasteiger partial charge in [0.15, 0.2) is 0 Å². The first-order valence-corrected chi connectivity index (χ1v) is 6.00. The van der Waals surface area contributed by atoms with E-state index >= 15 is 0 Å². The molecule has 0 saturated carbocycles. The van der Waals surface area contributed by atoms with E-state index in [2.05, 4.69) is 34.8 Å². The molecule has 0 bridgehead atoms. The van der Waals surface area contributed by atoms with E-state index in [0.29, 0.717) is 5.92 Å². The van der Waals surface area contributed by atoms with Gasteiger partial charge in [-0.2, -0.15) is 0 Å². The first kappa shape index (κ1) is 10.9. The van der Waals surface area contributed by atoms with Crippen molar-refractivity contribution in [3.63, 3.8) is 0 Å². The Morgan fingerprint density at radius 3 is 2.73 bits per heavy atom. The smallest absolute Gasteiger partial charge is 0.0720 e. The number of nitrogens with zero attached hydrogens (tertiary/aromatic N) is 1. The van der Waals surface area contributed by atoms with E-state index in [1.807, 2.05) is 24.4 Å². The summed E-state index contributed by atoms with van der Waals surface area (Å²) in [5.74, 6) is 0.464. The molecule has 0 N–H and O–H groups in total. The lowest BCUT2D eigenvalue weighted by atomic mass is 9.99. The third-order valence-corrected chi connectivity index (χ3v) is 3.27. The maximum Gasteiger partial charge on any atom is 0.0720 e. The highest BCUT2D eigenvalue weighted by Gasteiger charge is 2.10. The molecule has 1 nitrogen and oxygen atoms in total. The van der Waals surface area contributed by atoms with Crippen LogP contribution in [0.2, 0.25) is 5.02 Å². The van der Waals surface area contributed by atoms with Crippen molar-refractivity contribution in [1.29, 1.82) is 0 Å². The van der Waals surface area contributed by atoms with Crippen molar-refractivity contribution in [1.82, 2.24) is 4.98 Å². The van der Waals surface area contributed by atoms with Gasteiger partial charge in [0.2, 0.25) is 0 Å². The van der Waals surface area contributed by atoms with Crippen LogP contribution in [0.3, 0.4) is 0 Å². The van der Waals surface area contributed by atoms with Crippen LogP contribution in [0.4, 0.5) is 0 Å². The van der Waals surface area contributed by atoms with Gasteiger partial charge in [-0.25, -0.2) is 0 Å². The number of hydrogen-bond acceptors (Lipinski definition) is 1. The van der Waals surface area contributed by atoms with E-state index in [9.17, 15) is 0 Å². The minimum absolute atomic E-state index is 0.464. The van der Waals surface area contributed by atoms with Crippen molar-refractivity contribution in [2.45, 2.75) is 19.8 Å². The third-order valence-electron chi connectivity index (χ3n) is 2.40. The summed E-state index contributed by atoms with van der Waals surface area (Å²) in [5, 5.41) is 1.90. The fourth-order valence-electron chi connectivity index (χ4n) is 1.75. The van der Waals surface area contributed by atoms with Gasteiger partial charge >= 0.3 is 0 Å². The van der Waals surface area contributed by atoms with E-state index in [1.54, 1.807) is 0 Å². The maximum atomic E-state index is 5.94. The number of hydrogen-bond donors (Lipinski definition) is 0. The van der Waals surface area contributed by atoms with E-state index < -0.39 is 0 Å². The Kier molecular flexibility index (Phi) is 2.98. The second kappa shape index (κ2) is 4.11. The Balaban J connectivity index is 2.82. The normalized spacial score (nSPS) is 11.3. The lowest BCUT2D eigenvalue weighted by Gasteiger charge is -2.11. The fourth-order valence-corrected chi connectivity index (χ4v) is 2.69. The largest absolute Gasteiger partial charge is 0.255 e. The maximum absolute atomic E-state index is 5.94. The number of pyridine rings is 1. The summed E-state index contributed by atoms with van der Waals surface area (Å²) in [5.41, 5.74) is 2.24. The summed E-state index contributed by atoms with van der Waals surface area (Å²) in [6.45, 7) is 4.35. The standard InChI is InChI=1S/C12H11BrClN/c1-7(2)12-9-4-3-8(14)5-11(9)15-6-10(12)13/h3-7H,1-2H3. The Morgan fingerprint density at radius 1 is 1.33 bits per heavy atom. The van der Waals surface area contributed by atoms with Gasteiger partial charge in [0.1, 0.15) is 0 Å². The van der Waals surface area contributed by atoms with Gasteiger partial charge in [-0.05, 0) is 39.5 Å². The number of rotatable bonds is 1. The number of halogens is 2. The molecule has 2 aromatic rings. The van der Waals surface area contributed by atoms with Crippen molar-refractivity contribution in [3.8, 4) is 0 Å². The molecule has 0 radical (unpaired) electrons. The van der Waals surface area contributed by atoms with Gasteiger partial charge in [-0.3, -0.25) is 4.98 Å². The monoisotopic (exact) mass is 283 g/mol. The molecule has 2 rings (SSSR count). The average molecular weight is 285 g/mol. The van der Waals surface area contributed by atoms with E-state index in [1.165, 1.54) is 10.9 Å². The van der Waals surface area contributed by atoms with Crippen LogP contribution in [0.15, 0.2) is 28.9 Å². The molecule has 78 valence electrons. The van der Waals surface area contributed by atoms with Crippen molar-refractivity contribution >= 4 is 38.4 Å². The summed E-state index contributed by atoms with van der Waals surface area (Å²) in [6.07, 6.45) is 1.84. The minimum Gasteiger partial charge on any atom is -0.255 e. The molecule has 0 saturated heterocycles. The molecule has 0 aliphatic carbocycles.